The molecular weight excluding hydrogens is 402 g/mol. The molecule has 0 spiro atoms. The molecule has 1 aliphatic rings. The highest BCUT2D eigenvalue weighted by Gasteiger charge is 2.29. The Bertz CT molecular complexity index is 895. The number of anilines is 1. The van der Waals surface area contributed by atoms with Crippen molar-refractivity contribution in [1.82, 2.24) is 0 Å². The maximum Gasteiger partial charge on any atom is 0.242 e. The molecule has 3 rings (SSSR count). The van der Waals surface area contributed by atoms with Gasteiger partial charge in [-0.1, -0.05) is 53.2 Å². The zero-order chi connectivity index (χ0) is 18.0. The number of para-hydroxylation sites is 1. The maximum absolute atomic E-state index is 12.7. The second-order valence-corrected chi connectivity index (χ2v) is 9.44. The van der Waals surface area contributed by atoms with Crippen LogP contribution in [0.3, 0.4) is 0 Å². The monoisotopic (exact) mass is 421 g/mol. The first kappa shape index (κ1) is 18.1. The SMILES string of the molecule is C[C@@H]1CCN(C(=O)CS(=O)(=O)Cc2cccc(Br)c2)c2ccccc21. The first-order chi connectivity index (χ1) is 11.9. The molecule has 2 aromatic rings. The summed E-state index contributed by atoms with van der Waals surface area (Å²) in [5.74, 6) is -0.584. The van der Waals surface area contributed by atoms with Gasteiger partial charge in [0.15, 0.2) is 9.84 Å². The molecule has 6 heteroatoms. The van der Waals surface area contributed by atoms with E-state index in [0.717, 1.165) is 22.1 Å². The summed E-state index contributed by atoms with van der Waals surface area (Å²) in [6.07, 6.45) is 0.842. The summed E-state index contributed by atoms with van der Waals surface area (Å²) in [6.45, 7) is 2.69. The number of hydrogen-bond acceptors (Lipinski definition) is 3. The first-order valence-corrected chi connectivity index (χ1v) is 10.8. The lowest BCUT2D eigenvalue weighted by Crippen LogP contribution is -2.40. The van der Waals surface area contributed by atoms with Crippen LogP contribution in [0.1, 0.15) is 30.4 Å². The minimum atomic E-state index is -3.53. The van der Waals surface area contributed by atoms with Crippen LogP contribution in [0.2, 0.25) is 0 Å². The van der Waals surface area contributed by atoms with E-state index >= 15 is 0 Å². The van der Waals surface area contributed by atoms with Crippen LogP contribution in [-0.2, 0) is 20.4 Å². The second kappa shape index (κ2) is 7.30. The summed E-state index contributed by atoms with van der Waals surface area (Å²) < 4.78 is 25.8. The fraction of sp³-hybridized carbons (Fsp3) is 0.316. The molecule has 0 unspecified atom stereocenters. The van der Waals surface area contributed by atoms with Gasteiger partial charge in [0.25, 0.3) is 0 Å². The zero-order valence-corrected chi connectivity index (χ0v) is 16.4. The Balaban J connectivity index is 1.77. The number of halogens is 1. The van der Waals surface area contributed by atoms with Crippen molar-refractivity contribution in [2.45, 2.75) is 25.0 Å². The van der Waals surface area contributed by atoms with E-state index in [0.29, 0.717) is 18.0 Å². The van der Waals surface area contributed by atoms with Crippen molar-refractivity contribution in [3.05, 3.63) is 64.1 Å². The molecule has 1 heterocycles. The van der Waals surface area contributed by atoms with Gasteiger partial charge >= 0.3 is 0 Å². The molecule has 132 valence electrons. The van der Waals surface area contributed by atoms with Crippen molar-refractivity contribution in [2.24, 2.45) is 0 Å². The van der Waals surface area contributed by atoms with Gasteiger partial charge in [0, 0.05) is 16.7 Å². The van der Waals surface area contributed by atoms with E-state index < -0.39 is 15.6 Å². The van der Waals surface area contributed by atoms with E-state index in [9.17, 15) is 13.2 Å². The number of carbonyl (C=O) groups excluding carboxylic acids is 1. The van der Waals surface area contributed by atoms with Crippen LogP contribution in [-0.4, -0.2) is 26.6 Å². The quantitative estimate of drug-likeness (QED) is 0.751. The molecule has 1 amide bonds. The molecule has 0 N–H and O–H groups in total. The van der Waals surface area contributed by atoms with Crippen molar-refractivity contribution < 1.29 is 13.2 Å². The molecule has 1 atom stereocenters. The number of hydrogen-bond donors (Lipinski definition) is 0. The summed E-state index contributed by atoms with van der Waals surface area (Å²) in [4.78, 5) is 14.3. The Morgan fingerprint density at radius 2 is 1.96 bits per heavy atom. The van der Waals surface area contributed by atoms with E-state index in [1.807, 2.05) is 30.3 Å². The third-order valence-corrected chi connectivity index (χ3v) is 6.42. The van der Waals surface area contributed by atoms with Gasteiger partial charge in [0.2, 0.25) is 5.91 Å². The van der Waals surface area contributed by atoms with Crippen molar-refractivity contribution in [1.29, 1.82) is 0 Å². The maximum atomic E-state index is 12.7. The van der Waals surface area contributed by atoms with Crippen LogP contribution < -0.4 is 4.90 Å². The zero-order valence-electron chi connectivity index (χ0n) is 14.0. The van der Waals surface area contributed by atoms with E-state index in [1.165, 1.54) is 0 Å². The Labute approximate surface area is 156 Å². The molecule has 0 aromatic heterocycles. The molecule has 25 heavy (non-hydrogen) atoms. The Kier molecular flexibility index (Phi) is 5.29. The Morgan fingerprint density at radius 1 is 1.20 bits per heavy atom. The first-order valence-electron chi connectivity index (χ1n) is 8.20. The van der Waals surface area contributed by atoms with Crippen molar-refractivity contribution in [2.75, 3.05) is 17.2 Å². The minimum absolute atomic E-state index is 0.135. The van der Waals surface area contributed by atoms with Gasteiger partial charge in [-0.25, -0.2) is 8.42 Å². The predicted molar refractivity (Wildman–Crippen MR) is 103 cm³/mol. The van der Waals surface area contributed by atoms with Crippen LogP contribution in [0.15, 0.2) is 53.0 Å². The number of rotatable bonds is 4. The van der Waals surface area contributed by atoms with E-state index in [4.69, 9.17) is 0 Å². The van der Waals surface area contributed by atoms with Gasteiger partial charge in [-0.15, -0.1) is 0 Å². The molecule has 2 aromatic carbocycles. The molecular formula is C19H20BrNO3S. The summed E-state index contributed by atoms with van der Waals surface area (Å²) in [7, 11) is -3.53. The molecule has 0 saturated heterocycles. The number of carbonyl (C=O) groups is 1. The molecule has 0 saturated carbocycles. The topological polar surface area (TPSA) is 54.5 Å². The number of fused-ring (bicyclic) bond motifs is 1. The van der Waals surface area contributed by atoms with Gasteiger partial charge < -0.3 is 4.90 Å². The smallest absolute Gasteiger partial charge is 0.242 e. The van der Waals surface area contributed by atoms with Crippen LogP contribution in [0.4, 0.5) is 5.69 Å². The second-order valence-electron chi connectivity index (χ2n) is 6.46. The van der Waals surface area contributed by atoms with Crippen LogP contribution >= 0.6 is 15.9 Å². The van der Waals surface area contributed by atoms with Gasteiger partial charge in [0.05, 0.1) is 5.75 Å². The van der Waals surface area contributed by atoms with Crippen molar-refractivity contribution in [3.63, 3.8) is 0 Å². The summed E-state index contributed by atoms with van der Waals surface area (Å²) >= 11 is 3.34. The number of amides is 1. The molecule has 1 aliphatic heterocycles. The van der Waals surface area contributed by atoms with Crippen LogP contribution in [0.5, 0.6) is 0 Å². The van der Waals surface area contributed by atoms with Crippen LogP contribution in [0.25, 0.3) is 0 Å². The average Bonchev–Trinajstić information content (AvgIpc) is 2.54. The van der Waals surface area contributed by atoms with Gasteiger partial charge in [-0.2, -0.15) is 0 Å². The summed E-state index contributed by atoms with van der Waals surface area (Å²) in [5.41, 5.74) is 2.62. The number of benzene rings is 2. The highest BCUT2D eigenvalue weighted by atomic mass is 79.9. The van der Waals surface area contributed by atoms with E-state index in [1.54, 1.807) is 23.1 Å². The number of sulfone groups is 1. The fourth-order valence-electron chi connectivity index (χ4n) is 3.21. The van der Waals surface area contributed by atoms with Crippen molar-refractivity contribution in [3.8, 4) is 0 Å². The normalized spacial score (nSPS) is 17.2. The highest BCUT2D eigenvalue weighted by Crippen LogP contribution is 2.34. The van der Waals surface area contributed by atoms with Crippen LogP contribution in [0, 0.1) is 0 Å². The molecule has 0 bridgehead atoms. The molecule has 0 fully saturated rings. The summed E-state index contributed by atoms with van der Waals surface area (Å²) in [6, 6.07) is 14.9. The van der Waals surface area contributed by atoms with Crippen molar-refractivity contribution >= 4 is 37.4 Å². The third kappa shape index (κ3) is 4.30. The van der Waals surface area contributed by atoms with E-state index in [2.05, 4.69) is 22.9 Å². The highest BCUT2D eigenvalue weighted by molar-refractivity contribution is 9.10. The van der Waals surface area contributed by atoms with Gasteiger partial charge in [0.1, 0.15) is 5.75 Å². The predicted octanol–water partition coefficient (Wildman–Crippen LogP) is 3.90. The number of nitrogens with zero attached hydrogens (tertiary/aromatic N) is 1. The van der Waals surface area contributed by atoms with Gasteiger partial charge in [-0.05, 0) is 41.7 Å². The Morgan fingerprint density at radius 3 is 2.72 bits per heavy atom. The van der Waals surface area contributed by atoms with E-state index in [-0.39, 0.29) is 11.7 Å². The average molecular weight is 422 g/mol. The largest absolute Gasteiger partial charge is 0.311 e. The fourth-order valence-corrected chi connectivity index (χ4v) is 4.97. The lowest BCUT2D eigenvalue weighted by atomic mass is 9.91. The lowest BCUT2D eigenvalue weighted by Gasteiger charge is -2.32. The molecule has 4 nitrogen and oxygen atoms in total. The molecule has 0 radical (unpaired) electrons. The standard InChI is InChI=1S/C19H20BrNO3S/c1-14-9-10-21(18-8-3-2-7-17(14)18)19(22)13-25(23,24)12-15-5-4-6-16(20)11-15/h2-8,11,14H,9-10,12-13H2,1H3/t14-/m1/s1. The minimum Gasteiger partial charge on any atom is -0.311 e. The van der Waals surface area contributed by atoms with Gasteiger partial charge in [-0.3, -0.25) is 4.79 Å². The summed E-state index contributed by atoms with van der Waals surface area (Å²) in [5, 5.41) is 0. The third-order valence-electron chi connectivity index (χ3n) is 4.46. The molecule has 0 aliphatic carbocycles. The lowest BCUT2D eigenvalue weighted by molar-refractivity contribution is -0.116. The Hall–Kier alpha value is -1.66.